The van der Waals surface area contributed by atoms with Gasteiger partial charge in [0.1, 0.15) is 0 Å². The van der Waals surface area contributed by atoms with Crippen molar-refractivity contribution < 1.29 is 0 Å². The fourth-order valence-electron chi connectivity index (χ4n) is 2.34. The molecule has 0 heterocycles. The van der Waals surface area contributed by atoms with Crippen LogP contribution in [0.15, 0.2) is 18.2 Å². The molecule has 1 fully saturated rings. The molecule has 90 valence electrons. The van der Waals surface area contributed by atoms with E-state index in [0.717, 1.165) is 12.2 Å². The Morgan fingerprint density at radius 3 is 2.71 bits per heavy atom. The molecular formula is C14H17ClN2. The number of hydrogen-bond donors (Lipinski definition) is 1. The lowest BCUT2D eigenvalue weighted by atomic mass is 9.67. The Balaban J connectivity index is 2.02. The van der Waals surface area contributed by atoms with Gasteiger partial charge in [0.25, 0.3) is 0 Å². The van der Waals surface area contributed by atoms with Crippen LogP contribution in [-0.4, -0.2) is 6.54 Å². The summed E-state index contributed by atoms with van der Waals surface area (Å²) in [6.45, 7) is 3.23. The van der Waals surface area contributed by atoms with Gasteiger partial charge in [0.05, 0.1) is 22.3 Å². The van der Waals surface area contributed by atoms with Crippen molar-refractivity contribution in [2.75, 3.05) is 11.9 Å². The first-order valence-electron chi connectivity index (χ1n) is 6.13. The molecule has 3 heteroatoms. The quantitative estimate of drug-likeness (QED) is 0.867. The first-order valence-corrected chi connectivity index (χ1v) is 6.50. The Kier molecular flexibility index (Phi) is 3.59. The molecule has 0 aromatic heterocycles. The van der Waals surface area contributed by atoms with Crippen molar-refractivity contribution in [3.8, 4) is 6.07 Å². The number of hydrogen-bond acceptors (Lipinski definition) is 2. The van der Waals surface area contributed by atoms with Gasteiger partial charge in [-0.2, -0.15) is 5.26 Å². The molecule has 1 aliphatic carbocycles. The molecule has 1 aromatic rings. The standard InChI is InChI=1S/C14H17ClN2/c1-2-14(6-3-7-14)10-17-13-5-4-11(9-16)8-12(13)15/h4-5,8,17H,2-3,6-7,10H2,1H3. The molecule has 1 N–H and O–H groups in total. The van der Waals surface area contributed by atoms with E-state index < -0.39 is 0 Å². The van der Waals surface area contributed by atoms with E-state index in [-0.39, 0.29) is 0 Å². The van der Waals surface area contributed by atoms with E-state index >= 15 is 0 Å². The Morgan fingerprint density at radius 2 is 2.24 bits per heavy atom. The highest BCUT2D eigenvalue weighted by Gasteiger charge is 2.34. The highest BCUT2D eigenvalue weighted by Crippen LogP contribution is 2.44. The van der Waals surface area contributed by atoms with Crippen LogP contribution in [0.25, 0.3) is 0 Å². The zero-order chi connectivity index (χ0) is 12.3. The van der Waals surface area contributed by atoms with Gasteiger partial charge >= 0.3 is 0 Å². The zero-order valence-corrected chi connectivity index (χ0v) is 10.8. The Labute approximate surface area is 108 Å². The van der Waals surface area contributed by atoms with E-state index in [1.54, 1.807) is 12.1 Å². The van der Waals surface area contributed by atoms with Gasteiger partial charge in [0.2, 0.25) is 0 Å². The summed E-state index contributed by atoms with van der Waals surface area (Å²) in [7, 11) is 0. The van der Waals surface area contributed by atoms with Gasteiger partial charge < -0.3 is 5.32 Å². The third-order valence-electron chi connectivity index (χ3n) is 3.92. The summed E-state index contributed by atoms with van der Waals surface area (Å²) in [4.78, 5) is 0. The third-order valence-corrected chi connectivity index (χ3v) is 4.23. The Bertz CT molecular complexity index is 439. The monoisotopic (exact) mass is 248 g/mol. The maximum absolute atomic E-state index is 8.77. The van der Waals surface area contributed by atoms with Crippen LogP contribution in [0.5, 0.6) is 0 Å². The normalized spacial score (nSPS) is 17.0. The van der Waals surface area contributed by atoms with Crippen molar-refractivity contribution in [2.24, 2.45) is 5.41 Å². The number of nitrogens with zero attached hydrogens (tertiary/aromatic N) is 1. The van der Waals surface area contributed by atoms with Crippen molar-refractivity contribution in [1.82, 2.24) is 0 Å². The van der Waals surface area contributed by atoms with Crippen molar-refractivity contribution in [3.63, 3.8) is 0 Å². The third kappa shape index (κ3) is 2.56. The second kappa shape index (κ2) is 4.98. The van der Waals surface area contributed by atoms with Crippen LogP contribution in [0, 0.1) is 16.7 Å². The number of nitriles is 1. The van der Waals surface area contributed by atoms with Crippen LogP contribution in [0.2, 0.25) is 5.02 Å². The molecule has 0 radical (unpaired) electrons. The average Bonchev–Trinajstić information content (AvgIpc) is 2.30. The molecule has 1 saturated carbocycles. The number of rotatable bonds is 4. The topological polar surface area (TPSA) is 35.8 Å². The zero-order valence-electron chi connectivity index (χ0n) is 10.1. The molecular weight excluding hydrogens is 232 g/mol. The lowest BCUT2D eigenvalue weighted by molar-refractivity contribution is 0.145. The Hall–Kier alpha value is -1.20. The molecule has 1 aromatic carbocycles. The maximum Gasteiger partial charge on any atom is 0.0992 e. The van der Waals surface area contributed by atoms with Crippen LogP contribution < -0.4 is 5.32 Å². The van der Waals surface area contributed by atoms with Crippen LogP contribution in [0.3, 0.4) is 0 Å². The second-order valence-corrected chi connectivity index (χ2v) is 5.27. The summed E-state index contributed by atoms with van der Waals surface area (Å²) < 4.78 is 0. The fourth-order valence-corrected chi connectivity index (χ4v) is 2.59. The van der Waals surface area contributed by atoms with Gasteiger partial charge in [-0.25, -0.2) is 0 Å². The van der Waals surface area contributed by atoms with Gasteiger partial charge in [0.15, 0.2) is 0 Å². The summed E-state index contributed by atoms with van der Waals surface area (Å²) in [6.07, 6.45) is 5.18. The second-order valence-electron chi connectivity index (χ2n) is 4.87. The number of anilines is 1. The first kappa shape index (κ1) is 12.3. The lowest BCUT2D eigenvalue weighted by Crippen LogP contribution is -2.35. The predicted molar refractivity (Wildman–Crippen MR) is 71.2 cm³/mol. The highest BCUT2D eigenvalue weighted by atomic mass is 35.5. The van der Waals surface area contributed by atoms with E-state index in [9.17, 15) is 0 Å². The summed E-state index contributed by atoms with van der Waals surface area (Å²) in [5.41, 5.74) is 2.01. The minimum atomic E-state index is 0.469. The van der Waals surface area contributed by atoms with E-state index in [4.69, 9.17) is 16.9 Å². The van der Waals surface area contributed by atoms with Gasteiger partial charge in [-0.1, -0.05) is 24.9 Å². The van der Waals surface area contributed by atoms with E-state index in [0.29, 0.717) is 16.0 Å². The SMILES string of the molecule is CCC1(CNc2ccc(C#N)cc2Cl)CCC1. The number of halogens is 1. The molecule has 1 aliphatic rings. The van der Waals surface area contributed by atoms with Gasteiger partial charge in [0, 0.05) is 6.54 Å². The van der Waals surface area contributed by atoms with Gasteiger partial charge in [-0.3, -0.25) is 0 Å². The van der Waals surface area contributed by atoms with Crippen molar-refractivity contribution >= 4 is 17.3 Å². The van der Waals surface area contributed by atoms with E-state index in [1.165, 1.54) is 25.7 Å². The average molecular weight is 249 g/mol. The number of nitrogens with one attached hydrogen (secondary N) is 1. The molecule has 0 unspecified atom stereocenters. The summed E-state index contributed by atoms with van der Waals surface area (Å²) >= 11 is 6.13. The summed E-state index contributed by atoms with van der Waals surface area (Å²) in [5.74, 6) is 0. The van der Waals surface area contributed by atoms with Gasteiger partial charge in [-0.05, 0) is 42.9 Å². The molecule has 2 rings (SSSR count). The molecule has 17 heavy (non-hydrogen) atoms. The molecule has 0 saturated heterocycles. The van der Waals surface area contributed by atoms with Crippen molar-refractivity contribution in [2.45, 2.75) is 32.6 Å². The van der Waals surface area contributed by atoms with Crippen molar-refractivity contribution in [3.05, 3.63) is 28.8 Å². The largest absolute Gasteiger partial charge is 0.383 e. The number of benzene rings is 1. The smallest absolute Gasteiger partial charge is 0.0992 e. The van der Waals surface area contributed by atoms with Gasteiger partial charge in [-0.15, -0.1) is 0 Å². The minimum absolute atomic E-state index is 0.469. The lowest BCUT2D eigenvalue weighted by Gasteiger charge is -2.41. The molecule has 0 amide bonds. The summed E-state index contributed by atoms with van der Waals surface area (Å²) in [6, 6.07) is 7.49. The fraction of sp³-hybridized carbons (Fsp3) is 0.500. The van der Waals surface area contributed by atoms with Crippen LogP contribution in [0.4, 0.5) is 5.69 Å². The van der Waals surface area contributed by atoms with Crippen molar-refractivity contribution in [1.29, 1.82) is 5.26 Å². The molecule has 0 aliphatic heterocycles. The van der Waals surface area contributed by atoms with Crippen LogP contribution in [-0.2, 0) is 0 Å². The summed E-state index contributed by atoms with van der Waals surface area (Å²) in [5, 5.41) is 12.8. The van der Waals surface area contributed by atoms with E-state index in [2.05, 4.69) is 18.3 Å². The molecule has 0 spiro atoms. The highest BCUT2D eigenvalue weighted by molar-refractivity contribution is 6.33. The maximum atomic E-state index is 8.77. The minimum Gasteiger partial charge on any atom is -0.383 e. The van der Waals surface area contributed by atoms with Crippen LogP contribution >= 0.6 is 11.6 Å². The van der Waals surface area contributed by atoms with E-state index in [1.807, 2.05) is 6.07 Å². The Morgan fingerprint density at radius 1 is 1.47 bits per heavy atom. The predicted octanol–water partition coefficient (Wildman–Crippen LogP) is 4.20. The molecule has 2 nitrogen and oxygen atoms in total. The first-order chi connectivity index (χ1) is 8.19. The molecule has 0 bridgehead atoms. The molecule has 0 atom stereocenters. The van der Waals surface area contributed by atoms with Crippen LogP contribution in [0.1, 0.15) is 38.2 Å².